The first kappa shape index (κ1) is 14.1. The summed E-state index contributed by atoms with van der Waals surface area (Å²) in [6.07, 6.45) is 10.3. The fourth-order valence-corrected chi connectivity index (χ4v) is 3.92. The zero-order chi connectivity index (χ0) is 12.2. The summed E-state index contributed by atoms with van der Waals surface area (Å²) in [6, 6.07) is 0. The highest BCUT2D eigenvalue weighted by atomic mass is 14.4. The van der Waals surface area contributed by atoms with Gasteiger partial charge in [-0.3, -0.25) is 0 Å². The van der Waals surface area contributed by atoms with Crippen LogP contribution in [0.15, 0.2) is 0 Å². The van der Waals surface area contributed by atoms with Crippen LogP contribution < -0.4 is 0 Å². The molecule has 0 aromatic heterocycles. The lowest BCUT2D eigenvalue weighted by Gasteiger charge is -2.42. The Bertz CT molecular complexity index is 170. The van der Waals surface area contributed by atoms with Gasteiger partial charge in [0.25, 0.3) is 0 Å². The zero-order valence-corrected chi connectivity index (χ0v) is 12.2. The van der Waals surface area contributed by atoms with Gasteiger partial charge in [0, 0.05) is 0 Å². The van der Waals surface area contributed by atoms with Crippen molar-refractivity contribution in [3.8, 4) is 0 Å². The van der Waals surface area contributed by atoms with E-state index in [1.54, 1.807) is 0 Å². The maximum absolute atomic E-state index is 2.40. The first-order valence-corrected chi connectivity index (χ1v) is 7.47. The molecule has 0 saturated heterocycles. The molecule has 1 rings (SSSR count). The van der Waals surface area contributed by atoms with Crippen LogP contribution in [0.2, 0.25) is 0 Å². The molecule has 0 unspecified atom stereocenters. The van der Waals surface area contributed by atoms with Gasteiger partial charge in [-0.1, -0.05) is 41.0 Å². The van der Waals surface area contributed by atoms with Crippen molar-refractivity contribution < 1.29 is 0 Å². The molecule has 1 saturated carbocycles. The minimum absolute atomic E-state index is 0.702. The van der Waals surface area contributed by atoms with E-state index in [1.807, 2.05) is 0 Å². The zero-order valence-electron chi connectivity index (χ0n) is 12.2. The highest BCUT2D eigenvalue weighted by Crippen LogP contribution is 2.48. The first-order chi connectivity index (χ1) is 7.47. The molecular weight excluding hydrogens is 192 g/mol. The smallest absolute Gasteiger partial charge is 0.0292 e. The summed E-state index contributed by atoms with van der Waals surface area (Å²) < 4.78 is 0. The second-order valence-electron chi connectivity index (χ2n) is 7.05. The van der Waals surface area contributed by atoms with Crippen molar-refractivity contribution in [1.82, 2.24) is 0 Å². The Kier molecular flexibility index (Phi) is 5.34. The van der Waals surface area contributed by atoms with Crippen LogP contribution in [0.5, 0.6) is 0 Å². The van der Waals surface area contributed by atoms with E-state index in [-0.39, 0.29) is 0 Å². The summed E-state index contributed by atoms with van der Waals surface area (Å²) in [5.41, 5.74) is 0.702. The third kappa shape index (κ3) is 4.11. The summed E-state index contributed by atoms with van der Waals surface area (Å²) in [7, 11) is 0. The molecule has 0 bridgehead atoms. The average molecular weight is 224 g/mol. The predicted octanol–water partition coefficient (Wildman–Crippen LogP) is 5.67. The van der Waals surface area contributed by atoms with Gasteiger partial charge in [0.05, 0.1) is 0 Å². The van der Waals surface area contributed by atoms with Gasteiger partial charge in [-0.15, -0.1) is 0 Å². The molecule has 0 aliphatic heterocycles. The Morgan fingerprint density at radius 1 is 0.938 bits per heavy atom. The minimum atomic E-state index is 0.702. The van der Waals surface area contributed by atoms with Crippen LogP contribution >= 0.6 is 0 Å². The van der Waals surface area contributed by atoms with Crippen LogP contribution in [0.25, 0.3) is 0 Å². The molecule has 0 aromatic rings. The lowest BCUT2D eigenvalue weighted by molar-refractivity contribution is 0.0906. The van der Waals surface area contributed by atoms with Crippen LogP contribution in [-0.2, 0) is 0 Å². The molecule has 0 N–H and O–H groups in total. The van der Waals surface area contributed by atoms with Crippen LogP contribution in [0.1, 0.15) is 79.6 Å². The maximum Gasteiger partial charge on any atom is -0.0292 e. The highest BCUT2D eigenvalue weighted by Gasteiger charge is 2.35. The third-order valence-electron chi connectivity index (χ3n) is 4.43. The summed E-state index contributed by atoms with van der Waals surface area (Å²) in [4.78, 5) is 0. The number of rotatable bonds is 5. The molecule has 0 spiro atoms. The van der Waals surface area contributed by atoms with Gasteiger partial charge >= 0.3 is 0 Å². The van der Waals surface area contributed by atoms with Crippen LogP contribution in [0, 0.1) is 23.2 Å². The molecule has 0 heteroatoms. The average Bonchev–Trinajstić information content (AvgIpc) is 2.16. The molecule has 0 amide bonds. The molecule has 16 heavy (non-hydrogen) atoms. The van der Waals surface area contributed by atoms with Crippen LogP contribution in [0.4, 0.5) is 0 Å². The van der Waals surface area contributed by atoms with Crippen molar-refractivity contribution in [1.29, 1.82) is 0 Å². The lowest BCUT2D eigenvalue weighted by Crippen LogP contribution is -2.30. The first-order valence-electron chi connectivity index (χ1n) is 7.47. The molecule has 0 atom stereocenters. The second-order valence-corrected chi connectivity index (χ2v) is 7.05. The summed E-state index contributed by atoms with van der Waals surface area (Å²) in [5, 5.41) is 0. The van der Waals surface area contributed by atoms with Gasteiger partial charge in [-0.25, -0.2) is 0 Å². The van der Waals surface area contributed by atoms with Gasteiger partial charge < -0.3 is 0 Å². The second kappa shape index (κ2) is 6.07. The van der Waals surface area contributed by atoms with E-state index in [0.29, 0.717) is 5.41 Å². The summed E-state index contributed by atoms with van der Waals surface area (Å²) in [5.74, 6) is 2.78. The van der Waals surface area contributed by atoms with Gasteiger partial charge in [0.2, 0.25) is 0 Å². The number of hydrogen-bond donors (Lipinski definition) is 0. The van der Waals surface area contributed by atoms with Gasteiger partial charge in [-0.05, 0) is 61.7 Å². The Labute approximate surface area is 103 Å². The Hall–Kier alpha value is 0. The standard InChI is InChI=1S/C16H32/c1-6-15-7-9-16(10-8-15,11-13(2)3)12-14(4)5/h13-15H,6-12H2,1-5H3. The van der Waals surface area contributed by atoms with Crippen LogP contribution in [-0.4, -0.2) is 0 Å². The predicted molar refractivity (Wildman–Crippen MR) is 73.6 cm³/mol. The summed E-state index contributed by atoms with van der Waals surface area (Å²) in [6.45, 7) is 12.0. The van der Waals surface area contributed by atoms with E-state index in [2.05, 4.69) is 34.6 Å². The molecule has 1 fully saturated rings. The van der Waals surface area contributed by atoms with Crippen molar-refractivity contribution >= 4 is 0 Å². The van der Waals surface area contributed by atoms with E-state index < -0.39 is 0 Å². The quantitative estimate of drug-likeness (QED) is 0.565. The molecule has 1 aliphatic rings. The topological polar surface area (TPSA) is 0 Å². The van der Waals surface area contributed by atoms with E-state index in [4.69, 9.17) is 0 Å². The largest absolute Gasteiger partial charge is 0.0651 e. The van der Waals surface area contributed by atoms with Gasteiger partial charge in [-0.2, -0.15) is 0 Å². The normalized spacial score (nSPS) is 21.9. The fraction of sp³-hybridized carbons (Fsp3) is 1.00. The molecule has 0 radical (unpaired) electrons. The monoisotopic (exact) mass is 224 g/mol. The van der Waals surface area contributed by atoms with Crippen molar-refractivity contribution in [2.75, 3.05) is 0 Å². The van der Waals surface area contributed by atoms with E-state index in [9.17, 15) is 0 Å². The Morgan fingerprint density at radius 2 is 1.38 bits per heavy atom. The van der Waals surface area contributed by atoms with Crippen molar-refractivity contribution in [2.24, 2.45) is 23.2 Å². The van der Waals surface area contributed by atoms with Crippen molar-refractivity contribution in [3.05, 3.63) is 0 Å². The molecule has 1 aliphatic carbocycles. The molecular formula is C16H32. The van der Waals surface area contributed by atoms with Gasteiger partial charge in [0.15, 0.2) is 0 Å². The number of hydrogen-bond acceptors (Lipinski definition) is 0. The molecule has 0 nitrogen and oxygen atoms in total. The molecule has 96 valence electrons. The Morgan fingerprint density at radius 3 is 1.69 bits per heavy atom. The molecule has 0 heterocycles. The summed E-state index contributed by atoms with van der Waals surface area (Å²) >= 11 is 0. The maximum atomic E-state index is 2.40. The van der Waals surface area contributed by atoms with Crippen molar-refractivity contribution in [2.45, 2.75) is 79.6 Å². The fourth-order valence-electron chi connectivity index (χ4n) is 3.92. The van der Waals surface area contributed by atoms with E-state index >= 15 is 0 Å². The lowest BCUT2D eigenvalue weighted by atomic mass is 9.63. The van der Waals surface area contributed by atoms with Crippen LogP contribution in [0.3, 0.4) is 0 Å². The van der Waals surface area contributed by atoms with E-state index in [1.165, 1.54) is 44.9 Å². The SMILES string of the molecule is CCC1CCC(CC(C)C)(CC(C)C)CC1. The molecule has 0 aromatic carbocycles. The Balaban J connectivity index is 2.58. The third-order valence-corrected chi connectivity index (χ3v) is 4.43. The highest BCUT2D eigenvalue weighted by molar-refractivity contribution is 4.87. The van der Waals surface area contributed by atoms with E-state index in [0.717, 1.165) is 17.8 Å². The van der Waals surface area contributed by atoms with Gasteiger partial charge in [0.1, 0.15) is 0 Å². The minimum Gasteiger partial charge on any atom is -0.0651 e. The van der Waals surface area contributed by atoms with Crippen molar-refractivity contribution in [3.63, 3.8) is 0 Å².